The molecule has 1 N–H and O–H groups in total. The fourth-order valence-corrected chi connectivity index (χ4v) is 3.16. The van der Waals surface area contributed by atoms with Crippen LogP contribution in [0.15, 0.2) is 54.6 Å². The number of benzene rings is 2. The van der Waals surface area contributed by atoms with Crippen LogP contribution in [-0.4, -0.2) is 42.1 Å². The molecule has 1 amide bonds. The number of nitrogens with zero attached hydrogens (tertiary/aromatic N) is 2. The van der Waals surface area contributed by atoms with Crippen LogP contribution >= 0.6 is 0 Å². The van der Waals surface area contributed by atoms with Crippen LogP contribution in [0.2, 0.25) is 0 Å². The molecular weight excluding hydrogens is 307 g/mol. The smallest absolute Gasteiger partial charge is 0.244 e. The zero-order valence-electron chi connectivity index (χ0n) is 13.6. The van der Waals surface area contributed by atoms with Crippen LogP contribution in [0.25, 0.3) is 0 Å². The molecule has 24 heavy (non-hydrogen) atoms. The minimum Gasteiger partial charge on any atom is -0.387 e. The number of likely N-dealkylation sites (N-methyl/N-ethyl adjacent to an activating group) is 1. The Morgan fingerprint density at radius 2 is 1.88 bits per heavy atom. The maximum atomic E-state index is 13.9. The van der Waals surface area contributed by atoms with Gasteiger partial charge in [-0.3, -0.25) is 9.69 Å². The molecule has 1 aliphatic heterocycles. The van der Waals surface area contributed by atoms with Crippen LogP contribution in [0.5, 0.6) is 0 Å². The van der Waals surface area contributed by atoms with E-state index in [2.05, 4.69) is 0 Å². The van der Waals surface area contributed by atoms with Gasteiger partial charge in [-0.15, -0.1) is 0 Å². The molecule has 1 aliphatic rings. The van der Waals surface area contributed by atoms with Crippen molar-refractivity contribution in [2.45, 2.75) is 18.6 Å². The number of para-hydroxylation sites is 1. The molecule has 1 heterocycles. The van der Waals surface area contributed by atoms with E-state index in [0.29, 0.717) is 25.2 Å². The number of carbonyl (C=O) groups is 1. The van der Waals surface area contributed by atoms with Gasteiger partial charge in [0.25, 0.3) is 0 Å². The van der Waals surface area contributed by atoms with E-state index in [1.807, 2.05) is 42.3 Å². The SMILES string of the molecule is CN(CC(O)c1ccccc1)C1CCN(c2ccccc2F)C1=O. The topological polar surface area (TPSA) is 43.8 Å². The largest absolute Gasteiger partial charge is 0.387 e. The van der Waals surface area contributed by atoms with Gasteiger partial charge in [0.2, 0.25) is 5.91 Å². The number of halogens is 1. The first-order chi connectivity index (χ1) is 11.6. The minimum absolute atomic E-state index is 0.122. The fraction of sp³-hybridized carbons (Fsp3) is 0.316. The van der Waals surface area contributed by atoms with E-state index in [0.717, 1.165) is 5.56 Å². The summed E-state index contributed by atoms with van der Waals surface area (Å²) in [4.78, 5) is 16.0. The highest BCUT2D eigenvalue weighted by Gasteiger charge is 2.36. The second kappa shape index (κ2) is 7.11. The Hall–Kier alpha value is -2.24. The highest BCUT2D eigenvalue weighted by Crippen LogP contribution is 2.27. The average molecular weight is 328 g/mol. The molecule has 2 unspecified atom stereocenters. The monoisotopic (exact) mass is 328 g/mol. The van der Waals surface area contributed by atoms with Crippen molar-refractivity contribution >= 4 is 11.6 Å². The van der Waals surface area contributed by atoms with E-state index in [9.17, 15) is 14.3 Å². The molecule has 0 saturated carbocycles. The van der Waals surface area contributed by atoms with Crippen molar-refractivity contribution in [3.8, 4) is 0 Å². The standard InChI is InChI=1S/C19H21FN2O2/c1-21(13-18(23)14-7-3-2-4-8-14)17-11-12-22(19(17)24)16-10-6-5-9-15(16)20/h2-10,17-18,23H,11-13H2,1H3. The van der Waals surface area contributed by atoms with Gasteiger partial charge in [-0.05, 0) is 31.2 Å². The fourth-order valence-electron chi connectivity index (χ4n) is 3.16. The number of rotatable bonds is 5. The zero-order chi connectivity index (χ0) is 17.1. The lowest BCUT2D eigenvalue weighted by molar-refractivity contribution is -0.121. The molecule has 0 radical (unpaired) electrons. The lowest BCUT2D eigenvalue weighted by atomic mass is 10.1. The zero-order valence-corrected chi connectivity index (χ0v) is 13.6. The van der Waals surface area contributed by atoms with Gasteiger partial charge in [0, 0.05) is 13.1 Å². The van der Waals surface area contributed by atoms with Crippen molar-refractivity contribution in [1.29, 1.82) is 0 Å². The van der Waals surface area contributed by atoms with Crippen LogP contribution < -0.4 is 4.90 Å². The quantitative estimate of drug-likeness (QED) is 0.917. The van der Waals surface area contributed by atoms with Crippen molar-refractivity contribution in [3.05, 3.63) is 66.0 Å². The maximum Gasteiger partial charge on any atom is 0.244 e. The van der Waals surface area contributed by atoms with Crippen molar-refractivity contribution in [2.24, 2.45) is 0 Å². The van der Waals surface area contributed by atoms with Crippen molar-refractivity contribution in [1.82, 2.24) is 4.90 Å². The molecule has 0 aliphatic carbocycles. The predicted octanol–water partition coefficient (Wildman–Crippen LogP) is 2.60. The first-order valence-corrected chi connectivity index (χ1v) is 8.07. The number of hydrogen-bond acceptors (Lipinski definition) is 3. The molecule has 0 spiro atoms. The number of aliphatic hydroxyl groups is 1. The van der Waals surface area contributed by atoms with E-state index in [1.54, 1.807) is 18.2 Å². The highest BCUT2D eigenvalue weighted by molar-refractivity contribution is 5.99. The van der Waals surface area contributed by atoms with Crippen molar-refractivity contribution in [3.63, 3.8) is 0 Å². The first kappa shape index (κ1) is 16.6. The summed E-state index contributed by atoms with van der Waals surface area (Å²) in [7, 11) is 1.82. The Morgan fingerprint density at radius 3 is 2.58 bits per heavy atom. The second-order valence-corrected chi connectivity index (χ2v) is 6.11. The van der Waals surface area contributed by atoms with E-state index >= 15 is 0 Å². The van der Waals surface area contributed by atoms with E-state index < -0.39 is 11.9 Å². The van der Waals surface area contributed by atoms with Gasteiger partial charge in [-0.25, -0.2) is 4.39 Å². The summed E-state index contributed by atoms with van der Waals surface area (Å²) in [6, 6.07) is 15.3. The summed E-state index contributed by atoms with van der Waals surface area (Å²) in [6.45, 7) is 0.835. The molecule has 4 nitrogen and oxygen atoms in total. The van der Waals surface area contributed by atoms with Gasteiger partial charge in [0.15, 0.2) is 0 Å². The highest BCUT2D eigenvalue weighted by atomic mass is 19.1. The van der Waals surface area contributed by atoms with Gasteiger partial charge in [-0.2, -0.15) is 0 Å². The Kier molecular flexibility index (Phi) is 4.92. The Morgan fingerprint density at radius 1 is 1.21 bits per heavy atom. The van der Waals surface area contributed by atoms with Crippen LogP contribution in [0.4, 0.5) is 10.1 Å². The van der Waals surface area contributed by atoms with Crippen LogP contribution in [-0.2, 0) is 4.79 Å². The third kappa shape index (κ3) is 3.32. The summed E-state index contributed by atoms with van der Waals surface area (Å²) in [5, 5.41) is 10.3. The number of anilines is 1. The summed E-state index contributed by atoms with van der Waals surface area (Å²) >= 11 is 0. The molecule has 5 heteroatoms. The average Bonchev–Trinajstić information content (AvgIpc) is 2.97. The molecule has 1 saturated heterocycles. The summed E-state index contributed by atoms with van der Waals surface area (Å²) in [6.07, 6.45) is -0.0444. The second-order valence-electron chi connectivity index (χ2n) is 6.11. The molecule has 1 fully saturated rings. The molecule has 0 aromatic heterocycles. The normalized spacial score (nSPS) is 19.1. The van der Waals surface area contributed by atoms with Crippen molar-refractivity contribution < 1.29 is 14.3 Å². The van der Waals surface area contributed by atoms with Crippen LogP contribution in [0.3, 0.4) is 0 Å². The molecule has 2 aromatic rings. The lowest BCUT2D eigenvalue weighted by Gasteiger charge is -2.26. The Bertz CT molecular complexity index is 708. The van der Waals surface area contributed by atoms with E-state index in [4.69, 9.17) is 0 Å². The number of carbonyl (C=O) groups excluding carboxylic acids is 1. The molecule has 3 rings (SSSR count). The van der Waals surface area contributed by atoms with Gasteiger partial charge < -0.3 is 10.0 Å². The molecule has 0 bridgehead atoms. The summed E-state index contributed by atoms with van der Waals surface area (Å²) in [5.74, 6) is -0.513. The molecule has 2 atom stereocenters. The van der Waals surface area contributed by atoms with Gasteiger partial charge in [0.05, 0.1) is 17.8 Å². The summed E-state index contributed by atoms with van der Waals surface area (Å²) in [5.41, 5.74) is 1.14. The lowest BCUT2D eigenvalue weighted by Crippen LogP contribution is -2.41. The van der Waals surface area contributed by atoms with Crippen molar-refractivity contribution in [2.75, 3.05) is 25.0 Å². The van der Waals surface area contributed by atoms with Gasteiger partial charge >= 0.3 is 0 Å². The maximum absolute atomic E-state index is 13.9. The molecular formula is C19H21FN2O2. The van der Waals surface area contributed by atoms with Crippen LogP contribution in [0, 0.1) is 5.82 Å². The molecule has 126 valence electrons. The third-order valence-corrected chi connectivity index (χ3v) is 4.50. The first-order valence-electron chi connectivity index (χ1n) is 8.07. The van der Waals surface area contributed by atoms with E-state index in [1.165, 1.54) is 11.0 Å². The van der Waals surface area contributed by atoms with E-state index in [-0.39, 0.29) is 11.9 Å². The Balaban J connectivity index is 1.68. The summed E-state index contributed by atoms with van der Waals surface area (Å²) < 4.78 is 13.9. The minimum atomic E-state index is -0.661. The molecule has 2 aromatic carbocycles. The number of amides is 1. The van der Waals surface area contributed by atoms with Gasteiger partial charge in [-0.1, -0.05) is 42.5 Å². The predicted molar refractivity (Wildman–Crippen MR) is 91.2 cm³/mol. The van der Waals surface area contributed by atoms with Crippen LogP contribution in [0.1, 0.15) is 18.1 Å². The number of aliphatic hydroxyl groups excluding tert-OH is 1. The Labute approximate surface area is 141 Å². The third-order valence-electron chi connectivity index (χ3n) is 4.50. The van der Waals surface area contributed by atoms with Gasteiger partial charge in [0.1, 0.15) is 5.82 Å². The number of hydrogen-bond donors (Lipinski definition) is 1.